The zero-order valence-corrected chi connectivity index (χ0v) is 13.4. The number of guanidine groups is 1. The first-order valence-electron chi connectivity index (χ1n) is 7.75. The Bertz CT molecular complexity index is 271. The third-order valence-corrected chi connectivity index (χ3v) is 3.10. The molecule has 1 heterocycles. The van der Waals surface area contributed by atoms with Crippen molar-refractivity contribution in [1.29, 1.82) is 0 Å². The topological polar surface area (TPSA) is 67.4 Å². The number of hydrogen-bond acceptors (Lipinski definition) is 5. The van der Waals surface area contributed by atoms with Crippen molar-refractivity contribution in [2.45, 2.75) is 6.92 Å². The Morgan fingerprint density at radius 2 is 2.00 bits per heavy atom. The molecule has 0 atom stereocenters. The van der Waals surface area contributed by atoms with Gasteiger partial charge in [-0.15, -0.1) is 0 Å². The smallest absolute Gasteiger partial charge is 0.191 e. The van der Waals surface area contributed by atoms with Crippen LogP contribution in [0.5, 0.6) is 0 Å². The second-order valence-electron chi connectivity index (χ2n) is 4.75. The summed E-state index contributed by atoms with van der Waals surface area (Å²) in [6, 6.07) is 0. The van der Waals surface area contributed by atoms with Gasteiger partial charge in [-0.2, -0.15) is 0 Å². The molecule has 2 N–H and O–H groups in total. The highest BCUT2D eigenvalue weighted by Crippen LogP contribution is 1.95. The molecular weight excluding hydrogens is 272 g/mol. The van der Waals surface area contributed by atoms with E-state index < -0.39 is 0 Å². The minimum Gasteiger partial charge on any atom is -0.382 e. The van der Waals surface area contributed by atoms with Crippen LogP contribution in [0.3, 0.4) is 0 Å². The summed E-state index contributed by atoms with van der Waals surface area (Å²) in [5, 5.41) is 6.50. The molecule has 1 aliphatic heterocycles. The van der Waals surface area contributed by atoms with Crippen LogP contribution in [0.25, 0.3) is 0 Å². The van der Waals surface area contributed by atoms with Crippen molar-refractivity contribution in [2.75, 3.05) is 79.4 Å². The van der Waals surface area contributed by atoms with Crippen LogP contribution in [0.4, 0.5) is 0 Å². The molecule has 1 fully saturated rings. The molecule has 7 nitrogen and oxygen atoms in total. The zero-order valence-electron chi connectivity index (χ0n) is 13.4. The first-order chi connectivity index (χ1) is 10.4. The van der Waals surface area contributed by atoms with Gasteiger partial charge in [0.2, 0.25) is 0 Å². The van der Waals surface area contributed by atoms with E-state index in [-0.39, 0.29) is 0 Å². The third kappa shape index (κ3) is 9.62. The van der Waals surface area contributed by atoms with Crippen LogP contribution < -0.4 is 10.6 Å². The van der Waals surface area contributed by atoms with E-state index in [1.165, 1.54) is 0 Å². The molecule has 0 amide bonds. The van der Waals surface area contributed by atoms with Gasteiger partial charge in [0.25, 0.3) is 0 Å². The van der Waals surface area contributed by atoms with Crippen LogP contribution in [-0.4, -0.2) is 90.3 Å². The van der Waals surface area contributed by atoms with Crippen molar-refractivity contribution < 1.29 is 14.2 Å². The summed E-state index contributed by atoms with van der Waals surface area (Å²) in [4.78, 5) is 6.95. The van der Waals surface area contributed by atoms with Crippen LogP contribution in [0.1, 0.15) is 6.92 Å². The average molecular weight is 302 g/mol. The number of nitrogens with one attached hydrogen (secondary N) is 2. The predicted molar refractivity (Wildman–Crippen MR) is 83.9 cm³/mol. The Morgan fingerprint density at radius 1 is 1.19 bits per heavy atom. The van der Waals surface area contributed by atoms with Gasteiger partial charge in [0.1, 0.15) is 0 Å². The Hall–Kier alpha value is -0.890. The van der Waals surface area contributed by atoms with Crippen molar-refractivity contribution in [3.8, 4) is 0 Å². The van der Waals surface area contributed by atoms with E-state index >= 15 is 0 Å². The first kappa shape index (κ1) is 18.2. The second kappa shape index (κ2) is 12.8. The number of nitrogens with zero attached hydrogens (tertiary/aromatic N) is 2. The van der Waals surface area contributed by atoms with Crippen molar-refractivity contribution in [3.05, 3.63) is 0 Å². The molecule has 0 bridgehead atoms. The zero-order chi connectivity index (χ0) is 15.2. The summed E-state index contributed by atoms with van der Waals surface area (Å²) >= 11 is 0. The van der Waals surface area contributed by atoms with Gasteiger partial charge in [-0.25, -0.2) is 0 Å². The lowest BCUT2D eigenvalue weighted by molar-refractivity contribution is 0.0394. The molecule has 1 saturated heterocycles. The van der Waals surface area contributed by atoms with Crippen LogP contribution in [0.2, 0.25) is 0 Å². The summed E-state index contributed by atoms with van der Waals surface area (Å²) in [5.41, 5.74) is 0. The highest BCUT2D eigenvalue weighted by molar-refractivity contribution is 5.79. The van der Waals surface area contributed by atoms with Crippen molar-refractivity contribution >= 4 is 5.96 Å². The maximum Gasteiger partial charge on any atom is 0.191 e. The molecule has 1 aliphatic rings. The lowest BCUT2D eigenvalue weighted by atomic mass is 10.4. The SMILES string of the molecule is CCNC(=NCCN1CCOCC1)NCCOCCOC. The van der Waals surface area contributed by atoms with Crippen molar-refractivity contribution in [2.24, 2.45) is 4.99 Å². The van der Waals surface area contributed by atoms with Crippen LogP contribution >= 0.6 is 0 Å². The van der Waals surface area contributed by atoms with Gasteiger partial charge in [0.05, 0.1) is 39.6 Å². The first-order valence-corrected chi connectivity index (χ1v) is 7.75. The standard InChI is InChI=1S/C14H30N4O3/c1-3-15-14(17-5-9-20-13-12-19-2)16-4-6-18-7-10-21-11-8-18/h3-13H2,1-2H3,(H2,15,16,17). The van der Waals surface area contributed by atoms with Gasteiger partial charge < -0.3 is 24.8 Å². The molecule has 0 radical (unpaired) electrons. The van der Waals surface area contributed by atoms with E-state index in [1.54, 1.807) is 7.11 Å². The lowest BCUT2D eigenvalue weighted by Crippen LogP contribution is -2.41. The summed E-state index contributed by atoms with van der Waals surface area (Å²) < 4.78 is 15.7. The van der Waals surface area contributed by atoms with Gasteiger partial charge in [0.15, 0.2) is 5.96 Å². The Balaban J connectivity index is 2.13. The molecule has 1 rings (SSSR count). The normalized spacial score (nSPS) is 17.0. The van der Waals surface area contributed by atoms with Gasteiger partial charge in [0, 0.05) is 39.8 Å². The third-order valence-electron chi connectivity index (χ3n) is 3.10. The predicted octanol–water partition coefficient (Wildman–Crippen LogP) is -0.463. The molecule has 124 valence electrons. The quantitative estimate of drug-likeness (QED) is 0.323. The summed E-state index contributed by atoms with van der Waals surface area (Å²) in [6.07, 6.45) is 0. The maximum atomic E-state index is 5.41. The molecule has 21 heavy (non-hydrogen) atoms. The highest BCUT2D eigenvalue weighted by Gasteiger charge is 2.09. The molecule has 0 aromatic carbocycles. The number of morpholine rings is 1. The molecule has 7 heteroatoms. The van der Waals surface area contributed by atoms with Crippen LogP contribution in [0.15, 0.2) is 4.99 Å². The van der Waals surface area contributed by atoms with Crippen molar-refractivity contribution in [1.82, 2.24) is 15.5 Å². The Morgan fingerprint density at radius 3 is 2.71 bits per heavy atom. The Kier molecular flexibility index (Phi) is 11.1. The van der Waals surface area contributed by atoms with E-state index in [1.807, 2.05) is 0 Å². The van der Waals surface area contributed by atoms with E-state index in [9.17, 15) is 0 Å². The van der Waals surface area contributed by atoms with E-state index in [4.69, 9.17) is 14.2 Å². The lowest BCUT2D eigenvalue weighted by Gasteiger charge is -2.25. The number of rotatable bonds is 10. The fourth-order valence-corrected chi connectivity index (χ4v) is 1.96. The van der Waals surface area contributed by atoms with Gasteiger partial charge in [-0.1, -0.05) is 0 Å². The van der Waals surface area contributed by atoms with Crippen LogP contribution in [-0.2, 0) is 14.2 Å². The summed E-state index contributed by atoms with van der Waals surface area (Å²) in [6.45, 7) is 11.0. The summed E-state index contributed by atoms with van der Waals surface area (Å²) in [7, 11) is 1.67. The second-order valence-corrected chi connectivity index (χ2v) is 4.75. The maximum absolute atomic E-state index is 5.41. The molecule has 0 spiro atoms. The number of ether oxygens (including phenoxy) is 3. The number of hydrogen-bond donors (Lipinski definition) is 2. The fraction of sp³-hybridized carbons (Fsp3) is 0.929. The largest absolute Gasteiger partial charge is 0.382 e. The van der Waals surface area contributed by atoms with E-state index in [2.05, 4.69) is 27.4 Å². The molecular formula is C14H30N4O3. The van der Waals surface area contributed by atoms with Gasteiger partial charge in [-0.05, 0) is 6.92 Å². The van der Waals surface area contributed by atoms with Crippen molar-refractivity contribution in [3.63, 3.8) is 0 Å². The van der Waals surface area contributed by atoms with Crippen LogP contribution in [0, 0.1) is 0 Å². The number of methoxy groups -OCH3 is 1. The molecule has 0 unspecified atom stereocenters. The highest BCUT2D eigenvalue weighted by atomic mass is 16.5. The molecule has 0 aromatic rings. The van der Waals surface area contributed by atoms with E-state index in [0.717, 1.165) is 58.4 Å². The van der Waals surface area contributed by atoms with Gasteiger partial charge in [-0.3, -0.25) is 9.89 Å². The van der Waals surface area contributed by atoms with Gasteiger partial charge >= 0.3 is 0 Å². The molecule has 0 aromatic heterocycles. The Labute approximate surface area is 128 Å². The minimum absolute atomic E-state index is 0.628. The molecule has 0 aliphatic carbocycles. The van der Waals surface area contributed by atoms with E-state index in [0.29, 0.717) is 19.8 Å². The summed E-state index contributed by atoms with van der Waals surface area (Å²) in [5.74, 6) is 0.848. The fourth-order valence-electron chi connectivity index (χ4n) is 1.96. The minimum atomic E-state index is 0.628. The number of aliphatic imine (C=N–C) groups is 1. The average Bonchev–Trinajstić information content (AvgIpc) is 2.51. The molecule has 0 saturated carbocycles. The monoisotopic (exact) mass is 302 g/mol.